The molecule has 6 heteroatoms. The summed E-state index contributed by atoms with van der Waals surface area (Å²) in [4.78, 5) is 20.8. The molecule has 0 unspecified atom stereocenters. The Balaban J connectivity index is 1.46. The Bertz CT molecular complexity index is 1160. The van der Waals surface area contributed by atoms with Crippen LogP contribution < -0.4 is 15.4 Å². The van der Waals surface area contributed by atoms with Gasteiger partial charge in [0.15, 0.2) is 0 Å². The number of pyridine rings is 2. The van der Waals surface area contributed by atoms with Crippen molar-refractivity contribution in [2.75, 3.05) is 10.6 Å². The Morgan fingerprint density at radius 1 is 0.833 bits per heavy atom. The van der Waals surface area contributed by atoms with Gasteiger partial charge in [0.05, 0.1) is 0 Å². The Hall–Kier alpha value is -4.19. The van der Waals surface area contributed by atoms with Crippen LogP contribution in [0.25, 0.3) is 0 Å². The van der Waals surface area contributed by atoms with Gasteiger partial charge in [0, 0.05) is 53.5 Å². The maximum atomic E-state index is 12.8. The summed E-state index contributed by atoms with van der Waals surface area (Å²) in [7, 11) is 0. The number of amides is 1. The third kappa shape index (κ3) is 4.80. The van der Waals surface area contributed by atoms with Gasteiger partial charge in [-0.15, -0.1) is 0 Å². The molecule has 0 aliphatic heterocycles. The fraction of sp³-hybridized carbons (Fsp3) is 0.0417. The van der Waals surface area contributed by atoms with Gasteiger partial charge in [-0.3, -0.25) is 14.8 Å². The number of aromatic nitrogens is 2. The standard InChI is InChI=1S/C24H20N4O2/c1-17-16-26-13-10-23(17)27-19-5-2-4-18(14-19)24(29)28-20-6-3-7-22(15-20)30-21-8-11-25-12-9-21/h2-16H,1H3,(H,26,27)(H,28,29). The molecule has 2 aromatic heterocycles. The smallest absolute Gasteiger partial charge is 0.255 e. The number of nitrogens with one attached hydrogen (secondary N) is 2. The first kappa shape index (κ1) is 19.1. The van der Waals surface area contributed by atoms with Gasteiger partial charge in [-0.05, 0) is 61.0 Å². The molecule has 2 heterocycles. The molecular weight excluding hydrogens is 376 g/mol. The van der Waals surface area contributed by atoms with Crippen molar-refractivity contribution in [3.05, 3.63) is 103 Å². The second-order valence-electron chi connectivity index (χ2n) is 6.66. The van der Waals surface area contributed by atoms with Crippen LogP contribution in [0.2, 0.25) is 0 Å². The van der Waals surface area contributed by atoms with Crippen molar-refractivity contribution < 1.29 is 9.53 Å². The normalized spacial score (nSPS) is 10.3. The van der Waals surface area contributed by atoms with E-state index in [-0.39, 0.29) is 5.91 Å². The van der Waals surface area contributed by atoms with E-state index in [1.54, 1.807) is 49.1 Å². The van der Waals surface area contributed by atoms with Crippen molar-refractivity contribution >= 4 is 23.0 Å². The average Bonchev–Trinajstić information content (AvgIpc) is 2.77. The molecular formula is C24H20N4O2. The van der Waals surface area contributed by atoms with Gasteiger partial charge in [-0.1, -0.05) is 12.1 Å². The molecule has 4 rings (SSSR count). The number of hydrogen-bond acceptors (Lipinski definition) is 5. The maximum Gasteiger partial charge on any atom is 0.255 e. The summed E-state index contributed by atoms with van der Waals surface area (Å²) in [6.45, 7) is 1.98. The van der Waals surface area contributed by atoms with E-state index in [1.165, 1.54) is 0 Å². The van der Waals surface area contributed by atoms with Gasteiger partial charge < -0.3 is 15.4 Å². The van der Waals surface area contributed by atoms with Gasteiger partial charge >= 0.3 is 0 Å². The third-order valence-electron chi connectivity index (χ3n) is 4.40. The number of anilines is 3. The molecule has 2 aromatic carbocycles. The fourth-order valence-electron chi connectivity index (χ4n) is 2.89. The van der Waals surface area contributed by atoms with Gasteiger partial charge in [0.1, 0.15) is 11.5 Å². The molecule has 0 saturated heterocycles. The SMILES string of the molecule is Cc1cnccc1Nc1cccc(C(=O)Nc2cccc(Oc3ccncc3)c2)c1. The van der Waals surface area contributed by atoms with Crippen molar-refractivity contribution in [3.63, 3.8) is 0 Å². The second-order valence-corrected chi connectivity index (χ2v) is 6.66. The summed E-state index contributed by atoms with van der Waals surface area (Å²) in [6.07, 6.45) is 6.84. The van der Waals surface area contributed by atoms with Crippen LogP contribution in [-0.4, -0.2) is 15.9 Å². The van der Waals surface area contributed by atoms with Gasteiger partial charge in [0.25, 0.3) is 5.91 Å². The molecule has 30 heavy (non-hydrogen) atoms. The van der Waals surface area contributed by atoms with Crippen molar-refractivity contribution in [3.8, 4) is 11.5 Å². The van der Waals surface area contributed by atoms with E-state index >= 15 is 0 Å². The lowest BCUT2D eigenvalue weighted by molar-refractivity contribution is 0.102. The molecule has 1 amide bonds. The number of benzene rings is 2. The molecule has 0 bridgehead atoms. The zero-order valence-corrected chi connectivity index (χ0v) is 16.4. The third-order valence-corrected chi connectivity index (χ3v) is 4.40. The summed E-state index contributed by atoms with van der Waals surface area (Å²) < 4.78 is 5.80. The predicted molar refractivity (Wildman–Crippen MR) is 117 cm³/mol. The first-order chi connectivity index (χ1) is 14.7. The van der Waals surface area contributed by atoms with Gasteiger partial charge in [-0.25, -0.2) is 0 Å². The highest BCUT2D eigenvalue weighted by Gasteiger charge is 2.09. The molecule has 6 nitrogen and oxygen atoms in total. The first-order valence-electron chi connectivity index (χ1n) is 9.44. The predicted octanol–water partition coefficient (Wildman–Crippen LogP) is 5.57. The Morgan fingerprint density at radius 3 is 2.43 bits per heavy atom. The van der Waals surface area contributed by atoms with E-state index in [9.17, 15) is 4.79 Å². The van der Waals surface area contributed by atoms with E-state index in [2.05, 4.69) is 20.6 Å². The quantitative estimate of drug-likeness (QED) is 0.445. The van der Waals surface area contributed by atoms with E-state index < -0.39 is 0 Å². The zero-order chi connectivity index (χ0) is 20.8. The van der Waals surface area contributed by atoms with E-state index in [0.717, 1.165) is 16.9 Å². The van der Waals surface area contributed by atoms with Crippen molar-refractivity contribution in [2.45, 2.75) is 6.92 Å². The number of carbonyl (C=O) groups excluding carboxylic acids is 1. The molecule has 148 valence electrons. The van der Waals surface area contributed by atoms with Gasteiger partial charge in [0.2, 0.25) is 0 Å². The van der Waals surface area contributed by atoms with Gasteiger partial charge in [-0.2, -0.15) is 0 Å². The second kappa shape index (κ2) is 8.87. The number of carbonyl (C=O) groups is 1. The Labute approximate surface area is 174 Å². The van der Waals surface area contributed by atoms with E-state index in [0.29, 0.717) is 22.7 Å². The van der Waals surface area contributed by atoms with Crippen molar-refractivity contribution in [2.24, 2.45) is 0 Å². The van der Waals surface area contributed by atoms with E-state index in [1.807, 2.05) is 49.4 Å². The van der Waals surface area contributed by atoms with Crippen LogP contribution in [0.3, 0.4) is 0 Å². The summed E-state index contributed by atoms with van der Waals surface area (Å²) >= 11 is 0. The minimum Gasteiger partial charge on any atom is -0.457 e. The molecule has 4 aromatic rings. The molecule has 0 saturated carbocycles. The topological polar surface area (TPSA) is 76.1 Å². The molecule has 0 aliphatic rings. The highest BCUT2D eigenvalue weighted by atomic mass is 16.5. The Kier molecular flexibility index (Phi) is 5.66. The first-order valence-corrected chi connectivity index (χ1v) is 9.44. The van der Waals surface area contributed by atoms with Crippen LogP contribution >= 0.6 is 0 Å². The number of aryl methyl sites for hydroxylation is 1. The Morgan fingerprint density at radius 2 is 1.60 bits per heavy atom. The molecule has 0 spiro atoms. The monoisotopic (exact) mass is 396 g/mol. The molecule has 0 aliphatic carbocycles. The van der Waals surface area contributed by atoms with Crippen molar-refractivity contribution in [1.82, 2.24) is 9.97 Å². The number of nitrogens with zero attached hydrogens (tertiary/aromatic N) is 2. The fourth-order valence-corrected chi connectivity index (χ4v) is 2.89. The number of rotatable bonds is 6. The van der Waals surface area contributed by atoms with Crippen LogP contribution in [0.4, 0.5) is 17.1 Å². The summed E-state index contributed by atoms with van der Waals surface area (Å²) in [6, 6.07) is 20.0. The number of hydrogen-bond donors (Lipinski definition) is 2. The number of ether oxygens (including phenoxy) is 1. The largest absolute Gasteiger partial charge is 0.457 e. The van der Waals surface area contributed by atoms with Crippen LogP contribution in [0, 0.1) is 6.92 Å². The minimum absolute atomic E-state index is 0.203. The molecule has 2 N–H and O–H groups in total. The zero-order valence-electron chi connectivity index (χ0n) is 16.4. The lowest BCUT2D eigenvalue weighted by atomic mass is 10.1. The van der Waals surface area contributed by atoms with Crippen LogP contribution in [0.15, 0.2) is 91.5 Å². The average molecular weight is 396 g/mol. The molecule has 0 fully saturated rings. The summed E-state index contributed by atoms with van der Waals surface area (Å²) in [5.74, 6) is 1.10. The summed E-state index contributed by atoms with van der Waals surface area (Å²) in [5, 5.41) is 6.24. The maximum absolute atomic E-state index is 12.8. The minimum atomic E-state index is -0.203. The molecule has 0 radical (unpaired) electrons. The van der Waals surface area contributed by atoms with Crippen molar-refractivity contribution in [1.29, 1.82) is 0 Å². The highest BCUT2D eigenvalue weighted by Crippen LogP contribution is 2.24. The van der Waals surface area contributed by atoms with Crippen LogP contribution in [0.5, 0.6) is 11.5 Å². The van der Waals surface area contributed by atoms with E-state index in [4.69, 9.17) is 4.74 Å². The lowest BCUT2D eigenvalue weighted by Crippen LogP contribution is -2.12. The van der Waals surface area contributed by atoms with Crippen LogP contribution in [-0.2, 0) is 0 Å². The summed E-state index contributed by atoms with van der Waals surface area (Å²) in [5.41, 5.74) is 4.00. The highest BCUT2D eigenvalue weighted by molar-refractivity contribution is 6.05. The lowest BCUT2D eigenvalue weighted by Gasteiger charge is -2.11. The van der Waals surface area contributed by atoms with Crippen LogP contribution in [0.1, 0.15) is 15.9 Å². The molecule has 0 atom stereocenters.